The van der Waals surface area contributed by atoms with Crippen molar-refractivity contribution in [3.05, 3.63) is 59.2 Å². The third-order valence-corrected chi connectivity index (χ3v) is 7.39. The molecule has 1 aliphatic heterocycles. The molecule has 1 saturated heterocycles. The summed E-state index contributed by atoms with van der Waals surface area (Å²) in [6, 6.07) is 12.9. The van der Waals surface area contributed by atoms with Gasteiger partial charge in [-0.1, -0.05) is 18.2 Å². The van der Waals surface area contributed by atoms with Gasteiger partial charge in [0, 0.05) is 32.6 Å². The average molecular weight is 417 g/mol. The van der Waals surface area contributed by atoms with E-state index < -0.39 is 10.0 Å². The van der Waals surface area contributed by atoms with E-state index in [9.17, 15) is 13.2 Å². The lowest BCUT2D eigenvalue weighted by Gasteiger charge is -2.34. The summed E-state index contributed by atoms with van der Waals surface area (Å²) in [5.74, 6) is 0.852. The van der Waals surface area contributed by atoms with Crippen molar-refractivity contribution in [3.63, 3.8) is 0 Å². The predicted molar refractivity (Wildman–Crippen MR) is 113 cm³/mol. The molecule has 0 radical (unpaired) electrons. The molecular weight excluding hydrogens is 388 g/mol. The highest BCUT2D eigenvalue weighted by Crippen LogP contribution is 2.21. The van der Waals surface area contributed by atoms with Crippen molar-refractivity contribution in [1.82, 2.24) is 9.21 Å². The Hall–Kier alpha value is -2.38. The highest BCUT2D eigenvalue weighted by molar-refractivity contribution is 7.89. The minimum absolute atomic E-state index is 0.0593. The van der Waals surface area contributed by atoms with Gasteiger partial charge in [0.1, 0.15) is 5.75 Å². The maximum absolute atomic E-state index is 12.9. The van der Waals surface area contributed by atoms with E-state index in [1.165, 1.54) is 4.31 Å². The molecule has 0 spiro atoms. The first-order valence-electron chi connectivity index (χ1n) is 9.79. The average Bonchev–Trinajstić information content (AvgIpc) is 2.74. The molecule has 2 aromatic carbocycles. The third-order valence-electron chi connectivity index (χ3n) is 5.49. The van der Waals surface area contributed by atoms with Gasteiger partial charge in [0.15, 0.2) is 0 Å². The maximum Gasteiger partial charge on any atom is 0.243 e. The molecule has 29 heavy (non-hydrogen) atoms. The minimum atomic E-state index is -3.53. The molecule has 0 N–H and O–H groups in total. The second-order valence-corrected chi connectivity index (χ2v) is 9.32. The summed E-state index contributed by atoms with van der Waals surface area (Å²) >= 11 is 0. The molecule has 0 atom stereocenters. The summed E-state index contributed by atoms with van der Waals surface area (Å²) in [5, 5.41) is 0. The quantitative estimate of drug-likeness (QED) is 0.726. The van der Waals surface area contributed by atoms with Crippen molar-refractivity contribution in [1.29, 1.82) is 0 Å². The third kappa shape index (κ3) is 4.97. The molecule has 0 aromatic heterocycles. The van der Waals surface area contributed by atoms with Crippen LogP contribution in [0.1, 0.15) is 23.1 Å². The number of amides is 1. The van der Waals surface area contributed by atoms with E-state index in [-0.39, 0.29) is 5.91 Å². The molecule has 7 heteroatoms. The van der Waals surface area contributed by atoms with Gasteiger partial charge in [-0.25, -0.2) is 8.42 Å². The first-order chi connectivity index (χ1) is 13.8. The zero-order chi connectivity index (χ0) is 21.0. The van der Waals surface area contributed by atoms with E-state index in [2.05, 4.69) is 0 Å². The van der Waals surface area contributed by atoms with E-state index in [0.717, 1.165) is 22.4 Å². The van der Waals surface area contributed by atoms with Crippen LogP contribution in [-0.2, 0) is 21.2 Å². The van der Waals surface area contributed by atoms with E-state index in [4.69, 9.17) is 4.74 Å². The van der Waals surface area contributed by atoms with E-state index >= 15 is 0 Å². The summed E-state index contributed by atoms with van der Waals surface area (Å²) < 4.78 is 32.4. The lowest BCUT2D eigenvalue weighted by Crippen LogP contribution is -2.50. The number of aryl methyl sites for hydroxylation is 3. The Kier molecular flexibility index (Phi) is 6.59. The largest absolute Gasteiger partial charge is 0.497 e. The smallest absolute Gasteiger partial charge is 0.243 e. The predicted octanol–water partition coefficient (Wildman–Crippen LogP) is 2.78. The maximum atomic E-state index is 12.9. The van der Waals surface area contributed by atoms with Crippen LogP contribution in [0.4, 0.5) is 0 Å². The summed E-state index contributed by atoms with van der Waals surface area (Å²) in [5.41, 5.74) is 3.10. The van der Waals surface area contributed by atoms with Crippen LogP contribution < -0.4 is 4.74 Å². The number of rotatable bonds is 6. The highest BCUT2D eigenvalue weighted by Gasteiger charge is 2.30. The molecule has 0 saturated carbocycles. The lowest BCUT2D eigenvalue weighted by molar-refractivity contribution is -0.132. The van der Waals surface area contributed by atoms with E-state index in [0.29, 0.717) is 43.9 Å². The van der Waals surface area contributed by atoms with Gasteiger partial charge in [-0.15, -0.1) is 0 Å². The van der Waals surface area contributed by atoms with E-state index in [1.54, 1.807) is 24.1 Å². The summed E-state index contributed by atoms with van der Waals surface area (Å²) in [6.07, 6.45) is 1.07. The van der Waals surface area contributed by atoms with Crippen LogP contribution in [0.3, 0.4) is 0 Å². The molecule has 2 aromatic rings. The van der Waals surface area contributed by atoms with Crippen LogP contribution in [0, 0.1) is 13.8 Å². The van der Waals surface area contributed by atoms with Crippen LogP contribution in [0.25, 0.3) is 0 Å². The standard InChI is InChI=1S/C22H28N2O4S/c1-17-4-10-21(16-18(17)2)29(26,27)24-14-12-23(13-15-24)22(25)11-7-19-5-8-20(28-3)9-6-19/h4-6,8-10,16H,7,11-15H2,1-3H3. The normalized spacial score (nSPS) is 15.3. The SMILES string of the molecule is COc1ccc(CCC(=O)N2CCN(S(=O)(=O)c3ccc(C)c(C)c3)CC2)cc1. The number of hydrogen-bond acceptors (Lipinski definition) is 4. The Morgan fingerprint density at radius 1 is 0.966 bits per heavy atom. The summed E-state index contributed by atoms with van der Waals surface area (Å²) in [7, 11) is -1.91. The fourth-order valence-electron chi connectivity index (χ4n) is 3.40. The molecule has 1 amide bonds. The van der Waals surface area contributed by atoms with Gasteiger partial charge in [0.25, 0.3) is 0 Å². The Balaban J connectivity index is 1.54. The number of ether oxygens (including phenoxy) is 1. The number of sulfonamides is 1. The fraction of sp³-hybridized carbons (Fsp3) is 0.409. The Morgan fingerprint density at radius 3 is 2.21 bits per heavy atom. The second-order valence-electron chi connectivity index (χ2n) is 7.38. The molecule has 1 fully saturated rings. The Bertz CT molecular complexity index is 963. The van der Waals surface area contributed by atoms with Crippen molar-refractivity contribution in [2.75, 3.05) is 33.3 Å². The Labute approximate surface area is 173 Å². The number of hydrogen-bond donors (Lipinski definition) is 0. The van der Waals surface area contributed by atoms with Gasteiger partial charge < -0.3 is 9.64 Å². The molecule has 6 nitrogen and oxygen atoms in total. The molecule has 1 heterocycles. The van der Waals surface area contributed by atoms with E-state index in [1.807, 2.05) is 44.2 Å². The minimum Gasteiger partial charge on any atom is -0.497 e. The van der Waals surface area contributed by atoms with Gasteiger partial charge in [-0.2, -0.15) is 4.31 Å². The van der Waals surface area contributed by atoms with Gasteiger partial charge in [0.05, 0.1) is 12.0 Å². The first-order valence-corrected chi connectivity index (χ1v) is 11.2. The van der Waals surface area contributed by atoms with Crippen LogP contribution in [0.15, 0.2) is 47.4 Å². The van der Waals surface area contributed by atoms with Gasteiger partial charge in [-0.05, 0) is 61.2 Å². The molecule has 0 bridgehead atoms. The van der Waals surface area contributed by atoms with Crippen molar-refractivity contribution in [3.8, 4) is 5.75 Å². The number of methoxy groups -OCH3 is 1. The van der Waals surface area contributed by atoms with Crippen molar-refractivity contribution in [2.45, 2.75) is 31.6 Å². The van der Waals surface area contributed by atoms with Crippen LogP contribution in [0.5, 0.6) is 5.75 Å². The molecule has 3 rings (SSSR count). The first kappa shape index (κ1) is 21.3. The second kappa shape index (κ2) is 8.97. The van der Waals surface area contributed by atoms with Gasteiger partial charge >= 0.3 is 0 Å². The molecule has 0 aliphatic carbocycles. The molecule has 1 aliphatic rings. The van der Waals surface area contributed by atoms with Gasteiger partial charge in [0.2, 0.25) is 15.9 Å². The number of piperazine rings is 1. The summed E-state index contributed by atoms with van der Waals surface area (Å²) in [4.78, 5) is 14.6. The number of carbonyl (C=O) groups is 1. The monoisotopic (exact) mass is 416 g/mol. The van der Waals surface area contributed by atoms with Crippen LogP contribution >= 0.6 is 0 Å². The number of nitrogens with zero attached hydrogens (tertiary/aromatic N) is 2. The zero-order valence-electron chi connectivity index (χ0n) is 17.2. The van der Waals surface area contributed by atoms with Crippen molar-refractivity contribution in [2.24, 2.45) is 0 Å². The van der Waals surface area contributed by atoms with Crippen LogP contribution in [0.2, 0.25) is 0 Å². The summed E-state index contributed by atoms with van der Waals surface area (Å²) in [6.45, 7) is 5.36. The van der Waals surface area contributed by atoms with Gasteiger partial charge in [-0.3, -0.25) is 4.79 Å². The molecule has 0 unspecified atom stereocenters. The highest BCUT2D eigenvalue weighted by atomic mass is 32.2. The number of benzene rings is 2. The Morgan fingerprint density at radius 2 is 1.62 bits per heavy atom. The van der Waals surface area contributed by atoms with Crippen LogP contribution in [-0.4, -0.2) is 56.8 Å². The van der Waals surface area contributed by atoms with Crippen molar-refractivity contribution < 1.29 is 17.9 Å². The molecular formula is C22H28N2O4S. The number of carbonyl (C=O) groups excluding carboxylic acids is 1. The zero-order valence-corrected chi connectivity index (χ0v) is 18.0. The lowest BCUT2D eigenvalue weighted by atomic mass is 10.1. The molecule has 156 valence electrons. The topological polar surface area (TPSA) is 66.9 Å². The fourth-order valence-corrected chi connectivity index (χ4v) is 4.91. The van der Waals surface area contributed by atoms with Crippen molar-refractivity contribution >= 4 is 15.9 Å².